The Morgan fingerprint density at radius 3 is 0.878 bits per heavy atom. The van der Waals surface area contributed by atoms with Gasteiger partial charge in [0.05, 0.1) is 12.5 Å². The van der Waals surface area contributed by atoms with Gasteiger partial charge in [0.15, 0.2) is 0 Å². The quantitative estimate of drug-likeness (QED) is 0.0455. The first-order valence-electron chi connectivity index (χ1n) is 18.1. The lowest BCUT2D eigenvalue weighted by Gasteiger charge is -2.07. The second-order valence-corrected chi connectivity index (χ2v) is 13.6. The van der Waals surface area contributed by atoms with Crippen molar-refractivity contribution in [1.29, 1.82) is 0 Å². The van der Waals surface area contributed by atoms with Gasteiger partial charge in [-0.2, -0.15) is 0 Å². The highest BCUT2D eigenvalue weighted by atomic mass is 31.2. The van der Waals surface area contributed by atoms with Crippen LogP contribution in [0.5, 0.6) is 0 Å². The van der Waals surface area contributed by atoms with E-state index in [1.807, 2.05) is 12.2 Å². The van der Waals surface area contributed by atoms with Gasteiger partial charge in [-0.15, -0.1) is 0 Å². The minimum absolute atomic E-state index is 0.868. The smallest absolute Gasteiger partial charge is 0.404 e. The van der Waals surface area contributed by atoms with Crippen molar-refractivity contribution in [1.82, 2.24) is 0 Å². The summed E-state index contributed by atoms with van der Waals surface area (Å²) in [4.78, 5) is 9.77. The van der Waals surface area contributed by atoms with Gasteiger partial charge >= 0.3 is 7.82 Å². The second kappa shape index (κ2) is 33.8. The lowest BCUT2D eigenvalue weighted by Crippen LogP contribution is -1.85. The van der Waals surface area contributed by atoms with Crippen molar-refractivity contribution in [3.8, 4) is 0 Å². The molecule has 0 aliphatic heterocycles. The standard InChI is InChI=1S/C36H71O4P/c1-3-5-7-9-11-13-15-17-19-21-23-25-27-29-31-33-35-39-41(37,38)40-36-34-32-30-28-26-24-22-20-18-16-14-12-10-8-6-4-2/h33-36H,3-32H2,1-2H3,(H,37,38). The van der Waals surface area contributed by atoms with Crippen molar-refractivity contribution >= 4 is 7.82 Å². The first-order chi connectivity index (χ1) is 20.1. The summed E-state index contributed by atoms with van der Waals surface area (Å²) in [5.74, 6) is 0. The first kappa shape index (κ1) is 40.3. The van der Waals surface area contributed by atoms with Crippen molar-refractivity contribution in [2.75, 3.05) is 0 Å². The van der Waals surface area contributed by atoms with Gasteiger partial charge in [0, 0.05) is 0 Å². The van der Waals surface area contributed by atoms with Gasteiger partial charge < -0.3 is 9.05 Å². The largest absolute Gasteiger partial charge is 0.583 e. The number of hydrogen-bond donors (Lipinski definition) is 1. The molecule has 0 rings (SSSR count). The Labute approximate surface area is 257 Å². The van der Waals surface area contributed by atoms with E-state index in [9.17, 15) is 9.46 Å². The Morgan fingerprint density at radius 1 is 0.415 bits per heavy atom. The number of phosphoric acid groups is 1. The van der Waals surface area contributed by atoms with E-state index >= 15 is 0 Å². The summed E-state index contributed by atoms with van der Waals surface area (Å²) in [6.07, 6.45) is 45.7. The molecule has 41 heavy (non-hydrogen) atoms. The normalized spacial score (nSPS) is 13.3. The monoisotopic (exact) mass is 599 g/mol. The molecule has 0 unspecified atom stereocenters. The van der Waals surface area contributed by atoms with Crippen molar-refractivity contribution in [3.05, 3.63) is 24.7 Å². The predicted octanol–water partition coefficient (Wildman–Crippen LogP) is 13.9. The highest BCUT2D eigenvalue weighted by Gasteiger charge is 2.19. The third-order valence-corrected chi connectivity index (χ3v) is 8.81. The van der Waals surface area contributed by atoms with Crippen LogP contribution in [-0.4, -0.2) is 4.89 Å². The van der Waals surface area contributed by atoms with Crippen molar-refractivity contribution < 1.29 is 18.5 Å². The van der Waals surface area contributed by atoms with E-state index in [0.29, 0.717) is 0 Å². The van der Waals surface area contributed by atoms with E-state index in [4.69, 9.17) is 9.05 Å². The molecular formula is C36H71O4P. The van der Waals surface area contributed by atoms with Crippen LogP contribution >= 0.6 is 7.82 Å². The van der Waals surface area contributed by atoms with E-state index in [1.165, 1.54) is 179 Å². The number of allylic oxidation sites excluding steroid dienone is 2. The molecule has 0 aromatic heterocycles. The number of phosphoric ester groups is 1. The molecular weight excluding hydrogens is 527 g/mol. The molecule has 0 aromatic rings. The van der Waals surface area contributed by atoms with Gasteiger partial charge in [0.1, 0.15) is 0 Å². The van der Waals surface area contributed by atoms with E-state index in [0.717, 1.165) is 25.7 Å². The minimum atomic E-state index is -4.05. The Kier molecular flexibility index (Phi) is 33.2. The molecule has 0 atom stereocenters. The maximum absolute atomic E-state index is 11.9. The van der Waals surface area contributed by atoms with Gasteiger partial charge in [0.25, 0.3) is 0 Å². The molecule has 4 nitrogen and oxygen atoms in total. The summed E-state index contributed by atoms with van der Waals surface area (Å²) < 4.78 is 21.8. The van der Waals surface area contributed by atoms with Crippen LogP contribution in [0.15, 0.2) is 24.7 Å². The molecule has 0 spiro atoms. The van der Waals surface area contributed by atoms with Crippen LogP contribution < -0.4 is 0 Å². The van der Waals surface area contributed by atoms with Crippen molar-refractivity contribution in [3.63, 3.8) is 0 Å². The van der Waals surface area contributed by atoms with E-state index in [-0.39, 0.29) is 0 Å². The summed E-state index contributed by atoms with van der Waals surface area (Å²) in [6, 6.07) is 0. The number of hydrogen-bond acceptors (Lipinski definition) is 3. The average molecular weight is 599 g/mol. The molecule has 0 saturated carbocycles. The van der Waals surface area contributed by atoms with Gasteiger partial charge in [0.2, 0.25) is 0 Å². The SMILES string of the molecule is CCCCCCCCCCCCCCCCC=COP(=O)(O)OC=CCCCCCCCCCCCCCCCC. The molecule has 1 N–H and O–H groups in total. The highest BCUT2D eigenvalue weighted by molar-refractivity contribution is 7.47. The molecule has 0 radical (unpaired) electrons. The summed E-state index contributed by atoms with van der Waals surface area (Å²) in [7, 11) is -4.05. The molecule has 0 heterocycles. The molecule has 0 aliphatic carbocycles. The van der Waals surface area contributed by atoms with Gasteiger partial charge in [-0.25, -0.2) is 4.57 Å². The molecule has 0 aromatic carbocycles. The van der Waals surface area contributed by atoms with Crippen molar-refractivity contribution in [2.45, 2.75) is 206 Å². The molecule has 0 amide bonds. The predicted molar refractivity (Wildman–Crippen MR) is 180 cm³/mol. The summed E-state index contributed by atoms with van der Waals surface area (Å²) in [6.45, 7) is 4.55. The molecule has 0 bridgehead atoms. The van der Waals surface area contributed by atoms with Crippen LogP contribution in [0, 0.1) is 0 Å². The molecule has 0 saturated heterocycles. The van der Waals surface area contributed by atoms with Gasteiger partial charge in [-0.3, -0.25) is 4.89 Å². The fourth-order valence-corrected chi connectivity index (χ4v) is 5.84. The molecule has 0 fully saturated rings. The fourth-order valence-electron chi connectivity index (χ4n) is 5.31. The number of unbranched alkanes of at least 4 members (excludes halogenated alkanes) is 28. The zero-order valence-electron chi connectivity index (χ0n) is 27.6. The summed E-state index contributed by atoms with van der Waals surface area (Å²) in [5.41, 5.74) is 0. The maximum atomic E-state index is 11.9. The molecule has 5 heteroatoms. The van der Waals surface area contributed by atoms with Gasteiger partial charge in [-0.05, 0) is 37.8 Å². The van der Waals surface area contributed by atoms with Gasteiger partial charge in [-0.1, -0.05) is 181 Å². The van der Waals surface area contributed by atoms with Crippen LogP contribution in [-0.2, 0) is 13.6 Å². The van der Waals surface area contributed by atoms with E-state index < -0.39 is 7.82 Å². The van der Waals surface area contributed by atoms with Crippen LogP contribution in [0.4, 0.5) is 0 Å². The van der Waals surface area contributed by atoms with Crippen LogP contribution in [0.2, 0.25) is 0 Å². The Balaban J connectivity index is 3.41. The minimum Gasteiger partial charge on any atom is -0.404 e. The third-order valence-electron chi connectivity index (χ3n) is 8.03. The summed E-state index contributed by atoms with van der Waals surface area (Å²) >= 11 is 0. The first-order valence-corrected chi connectivity index (χ1v) is 19.6. The average Bonchev–Trinajstić information content (AvgIpc) is 2.96. The molecule has 244 valence electrons. The van der Waals surface area contributed by atoms with Crippen LogP contribution in [0.3, 0.4) is 0 Å². The van der Waals surface area contributed by atoms with E-state index in [1.54, 1.807) is 0 Å². The van der Waals surface area contributed by atoms with E-state index in [2.05, 4.69) is 13.8 Å². The second-order valence-electron chi connectivity index (χ2n) is 12.2. The van der Waals surface area contributed by atoms with Crippen LogP contribution in [0.1, 0.15) is 206 Å². The third kappa shape index (κ3) is 35.4. The Bertz CT molecular complexity index is 556. The Morgan fingerprint density at radius 2 is 0.634 bits per heavy atom. The Hall–Kier alpha value is -0.730. The molecule has 0 aliphatic rings. The highest BCUT2D eigenvalue weighted by Crippen LogP contribution is 2.43. The zero-order chi connectivity index (χ0) is 30.0. The summed E-state index contributed by atoms with van der Waals surface area (Å²) in [5, 5.41) is 0. The van der Waals surface area contributed by atoms with Crippen LogP contribution in [0.25, 0.3) is 0 Å². The van der Waals surface area contributed by atoms with Crippen molar-refractivity contribution in [2.24, 2.45) is 0 Å². The zero-order valence-corrected chi connectivity index (χ0v) is 28.5. The fraction of sp³-hybridized carbons (Fsp3) is 0.889. The topological polar surface area (TPSA) is 55.8 Å². The maximum Gasteiger partial charge on any atom is 0.583 e. The lowest BCUT2D eigenvalue weighted by atomic mass is 10.0. The lowest BCUT2D eigenvalue weighted by molar-refractivity contribution is 0.243. The number of rotatable bonds is 34.